The van der Waals surface area contributed by atoms with Gasteiger partial charge in [0.25, 0.3) is 0 Å². The quantitative estimate of drug-likeness (QED) is 0.603. The Balaban J connectivity index is 2.07. The zero-order valence-corrected chi connectivity index (χ0v) is 14.9. The topological polar surface area (TPSA) is 60.8 Å². The van der Waals surface area contributed by atoms with Crippen LogP contribution in [0.2, 0.25) is 0 Å². The van der Waals surface area contributed by atoms with Crippen molar-refractivity contribution in [2.75, 3.05) is 13.1 Å². The molecule has 2 rings (SSSR count). The van der Waals surface area contributed by atoms with Crippen LogP contribution in [-0.4, -0.2) is 51.7 Å². The molecular weight excluding hydrogens is 290 g/mol. The fourth-order valence-corrected chi connectivity index (χ4v) is 3.89. The van der Waals surface area contributed by atoms with Gasteiger partial charge in [-0.15, -0.1) is 0 Å². The van der Waals surface area contributed by atoms with Crippen LogP contribution in [-0.2, 0) is 4.79 Å². The smallest absolute Gasteiger partial charge is 0.157 e. The molecule has 0 aromatic carbocycles. The van der Waals surface area contributed by atoms with Crippen LogP contribution < -0.4 is 0 Å². The molecule has 0 amide bonds. The summed E-state index contributed by atoms with van der Waals surface area (Å²) in [7, 11) is 0. The van der Waals surface area contributed by atoms with E-state index >= 15 is 0 Å². The number of hydrogen-bond acceptors (Lipinski definition) is 4. The van der Waals surface area contributed by atoms with E-state index in [2.05, 4.69) is 17.9 Å². The Morgan fingerprint density at radius 3 is 2.87 bits per heavy atom. The monoisotopic (exact) mass is 321 g/mol. The van der Waals surface area contributed by atoms with Gasteiger partial charge >= 0.3 is 0 Å². The molecule has 0 aliphatic carbocycles. The van der Waals surface area contributed by atoms with Gasteiger partial charge in [-0.25, -0.2) is 0 Å². The number of piperidine rings is 1. The van der Waals surface area contributed by atoms with Crippen molar-refractivity contribution in [3.8, 4) is 0 Å². The summed E-state index contributed by atoms with van der Waals surface area (Å²) in [6.45, 7) is 9.30. The van der Waals surface area contributed by atoms with Gasteiger partial charge < -0.3 is 10.2 Å². The van der Waals surface area contributed by atoms with Crippen molar-refractivity contribution in [1.82, 2.24) is 4.90 Å². The van der Waals surface area contributed by atoms with Gasteiger partial charge in [0, 0.05) is 19.0 Å². The second-order valence-electron chi connectivity index (χ2n) is 7.38. The summed E-state index contributed by atoms with van der Waals surface area (Å²) in [5.41, 5.74) is 0.645. The van der Waals surface area contributed by atoms with E-state index in [1.165, 1.54) is 0 Å². The zero-order valence-electron chi connectivity index (χ0n) is 14.9. The number of fused-ring (bicyclic) bond motifs is 1. The van der Waals surface area contributed by atoms with Gasteiger partial charge in [-0.3, -0.25) is 9.69 Å². The van der Waals surface area contributed by atoms with E-state index in [1.54, 1.807) is 6.92 Å². The zero-order chi connectivity index (χ0) is 17.2. The number of aliphatic hydroxyl groups excluding tert-OH is 1. The minimum Gasteiger partial charge on any atom is -0.386 e. The second kappa shape index (κ2) is 7.29. The first-order valence-electron chi connectivity index (χ1n) is 8.82. The Labute approximate surface area is 139 Å². The van der Waals surface area contributed by atoms with Gasteiger partial charge in [-0.05, 0) is 56.7 Å². The van der Waals surface area contributed by atoms with Crippen LogP contribution in [0.3, 0.4) is 0 Å². The van der Waals surface area contributed by atoms with E-state index in [-0.39, 0.29) is 17.7 Å². The number of hydrogen-bond donors (Lipinski definition) is 2. The summed E-state index contributed by atoms with van der Waals surface area (Å²) in [5, 5.41) is 21.3. The average Bonchev–Trinajstić information content (AvgIpc) is 2.98. The highest BCUT2D eigenvalue weighted by Crippen LogP contribution is 2.37. The molecule has 0 spiro atoms. The summed E-state index contributed by atoms with van der Waals surface area (Å²) >= 11 is 0. The van der Waals surface area contributed by atoms with Crippen molar-refractivity contribution in [3.63, 3.8) is 0 Å². The number of allylic oxidation sites excluding steroid dienone is 3. The molecule has 0 aromatic rings. The van der Waals surface area contributed by atoms with Crippen molar-refractivity contribution in [3.05, 3.63) is 23.3 Å². The first-order valence-corrected chi connectivity index (χ1v) is 8.82. The molecule has 0 radical (unpaired) electrons. The van der Waals surface area contributed by atoms with Crippen molar-refractivity contribution < 1.29 is 15.0 Å². The lowest BCUT2D eigenvalue weighted by Crippen LogP contribution is -2.61. The van der Waals surface area contributed by atoms with Crippen LogP contribution in [0, 0.1) is 5.92 Å². The van der Waals surface area contributed by atoms with Crippen molar-refractivity contribution in [1.29, 1.82) is 0 Å². The SMILES string of the molecule is CCC(=O)/C(C)=C/CC(C)/C=C1\CN2CCCC2C(C)(O)C1O. The molecule has 2 aliphatic heterocycles. The fraction of sp³-hybridized carbons (Fsp3) is 0.737. The summed E-state index contributed by atoms with van der Waals surface area (Å²) < 4.78 is 0. The molecule has 2 aliphatic rings. The maximum Gasteiger partial charge on any atom is 0.157 e. The molecule has 4 heteroatoms. The lowest BCUT2D eigenvalue weighted by atomic mass is 9.80. The van der Waals surface area contributed by atoms with Crippen molar-refractivity contribution in [2.24, 2.45) is 5.92 Å². The molecule has 4 unspecified atom stereocenters. The molecule has 2 heterocycles. The average molecular weight is 321 g/mol. The second-order valence-corrected chi connectivity index (χ2v) is 7.38. The number of ketones is 1. The highest BCUT2D eigenvalue weighted by Gasteiger charge is 2.49. The van der Waals surface area contributed by atoms with Crippen LogP contribution in [0.15, 0.2) is 23.3 Å². The standard InChI is InChI=1S/C19H31NO3/c1-5-16(21)14(3)9-8-13(2)11-15-12-20-10-6-7-17(20)19(4,23)18(15)22/h9,11,13,17-18,22-23H,5-8,10,12H2,1-4H3/b14-9+,15-11+. The maximum atomic E-state index is 11.6. The van der Waals surface area contributed by atoms with Crippen molar-refractivity contribution in [2.45, 2.75) is 71.1 Å². The molecule has 2 fully saturated rings. The number of Topliss-reactive ketones (excluding diaryl/α,β-unsaturated/α-hetero) is 1. The predicted molar refractivity (Wildman–Crippen MR) is 92.1 cm³/mol. The van der Waals surface area contributed by atoms with Crippen LogP contribution in [0.25, 0.3) is 0 Å². The molecule has 130 valence electrons. The maximum absolute atomic E-state index is 11.6. The third-order valence-electron chi connectivity index (χ3n) is 5.38. The first-order chi connectivity index (χ1) is 10.8. The lowest BCUT2D eigenvalue weighted by Gasteiger charge is -2.46. The Bertz CT molecular complexity index is 507. The Morgan fingerprint density at radius 1 is 1.52 bits per heavy atom. The lowest BCUT2D eigenvalue weighted by molar-refractivity contribution is -0.115. The highest BCUT2D eigenvalue weighted by molar-refractivity contribution is 5.94. The Kier molecular flexibility index (Phi) is 5.82. The summed E-state index contributed by atoms with van der Waals surface area (Å²) in [6, 6.07) is 0.0641. The van der Waals surface area contributed by atoms with Gasteiger partial charge in [-0.2, -0.15) is 0 Å². The third-order valence-corrected chi connectivity index (χ3v) is 5.38. The van der Waals surface area contributed by atoms with Gasteiger partial charge in [0.2, 0.25) is 0 Å². The number of rotatable bonds is 5. The number of aliphatic hydroxyl groups is 2. The minimum atomic E-state index is -1.08. The van der Waals surface area contributed by atoms with E-state index in [1.807, 2.05) is 19.9 Å². The number of carbonyl (C=O) groups is 1. The molecular formula is C19H31NO3. The van der Waals surface area contributed by atoms with Crippen LogP contribution in [0.1, 0.15) is 53.4 Å². The van der Waals surface area contributed by atoms with E-state index in [0.717, 1.165) is 43.5 Å². The van der Waals surface area contributed by atoms with Gasteiger partial charge in [0.05, 0.1) is 0 Å². The third kappa shape index (κ3) is 3.93. The minimum absolute atomic E-state index is 0.0641. The van der Waals surface area contributed by atoms with E-state index < -0.39 is 11.7 Å². The summed E-state index contributed by atoms with van der Waals surface area (Å²) in [4.78, 5) is 13.9. The molecule has 2 N–H and O–H groups in total. The predicted octanol–water partition coefficient (Wildman–Crippen LogP) is 2.45. The molecule has 4 atom stereocenters. The summed E-state index contributed by atoms with van der Waals surface area (Å²) in [5.74, 6) is 0.416. The molecule has 0 bridgehead atoms. The van der Waals surface area contributed by atoms with E-state index in [0.29, 0.717) is 6.42 Å². The van der Waals surface area contributed by atoms with Crippen LogP contribution in [0.4, 0.5) is 0 Å². The largest absolute Gasteiger partial charge is 0.386 e. The fourth-order valence-electron chi connectivity index (χ4n) is 3.89. The van der Waals surface area contributed by atoms with Crippen LogP contribution in [0.5, 0.6) is 0 Å². The molecule has 0 saturated carbocycles. The normalized spacial score (nSPS) is 35.4. The van der Waals surface area contributed by atoms with Crippen molar-refractivity contribution >= 4 is 5.78 Å². The van der Waals surface area contributed by atoms with Crippen LogP contribution >= 0.6 is 0 Å². The van der Waals surface area contributed by atoms with E-state index in [4.69, 9.17) is 0 Å². The highest BCUT2D eigenvalue weighted by atomic mass is 16.3. The molecule has 23 heavy (non-hydrogen) atoms. The Morgan fingerprint density at radius 2 is 2.22 bits per heavy atom. The first kappa shape index (κ1) is 18.4. The molecule has 0 aromatic heterocycles. The van der Waals surface area contributed by atoms with Gasteiger partial charge in [-0.1, -0.05) is 26.0 Å². The van der Waals surface area contributed by atoms with Gasteiger partial charge in [0.15, 0.2) is 5.78 Å². The van der Waals surface area contributed by atoms with Gasteiger partial charge in [0.1, 0.15) is 11.7 Å². The molecule has 4 nitrogen and oxygen atoms in total. The van der Waals surface area contributed by atoms with E-state index in [9.17, 15) is 15.0 Å². The molecule has 2 saturated heterocycles. The number of nitrogens with zero attached hydrogens (tertiary/aromatic N) is 1. The summed E-state index contributed by atoms with van der Waals surface area (Å²) in [6.07, 6.45) is 6.61. The number of carbonyl (C=O) groups excluding carboxylic acids is 1. The Hall–Kier alpha value is -0.970.